The van der Waals surface area contributed by atoms with E-state index in [1.807, 2.05) is 0 Å². The van der Waals surface area contributed by atoms with E-state index in [9.17, 15) is 0 Å². The van der Waals surface area contributed by atoms with Gasteiger partial charge in [-0.2, -0.15) is 0 Å². The molecule has 66 valence electrons. The minimum absolute atomic E-state index is 0.0842. The van der Waals surface area contributed by atoms with Gasteiger partial charge >= 0.3 is 0 Å². The quantitative estimate of drug-likeness (QED) is 0.535. The number of aliphatic hydroxyl groups is 2. The third-order valence-corrected chi connectivity index (χ3v) is 2.11. The maximum Gasteiger partial charge on any atom is 0.0570 e. The fraction of sp³-hybridized carbons (Fsp3) is 1.00. The number of hydrogen-bond donors (Lipinski definition) is 3. The summed E-state index contributed by atoms with van der Waals surface area (Å²) in [6.45, 7) is 2.65. The average molecular weight is 159 g/mol. The van der Waals surface area contributed by atoms with Crippen molar-refractivity contribution in [3.63, 3.8) is 0 Å². The molecule has 1 aliphatic carbocycles. The Hall–Kier alpha value is -0.120. The van der Waals surface area contributed by atoms with E-state index in [2.05, 4.69) is 5.32 Å². The molecule has 0 radical (unpaired) electrons. The van der Waals surface area contributed by atoms with E-state index < -0.39 is 0 Å². The molecule has 0 aliphatic heterocycles. The summed E-state index contributed by atoms with van der Waals surface area (Å²) in [4.78, 5) is 0. The summed E-state index contributed by atoms with van der Waals surface area (Å²) in [5.41, 5.74) is 0. The van der Waals surface area contributed by atoms with Gasteiger partial charge in [0, 0.05) is 6.04 Å². The second-order valence-electron chi connectivity index (χ2n) is 3.41. The summed E-state index contributed by atoms with van der Waals surface area (Å²) in [5.74, 6) is 0. The van der Waals surface area contributed by atoms with Crippen LogP contribution in [0.15, 0.2) is 0 Å². The SMILES string of the molecule is CC(O)CCNC1CC(O)C1. The molecule has 11 heavy (non-hydrogen) atoms. The molecule has 1 rings (SSSR count). The fourth-order valence-corrected chi connectivity index (χ4v) is 1.25. The molecule has 1 saturated carbocycles. The molecule has 0 saturated heterocycles. The van der Waals surface area contributed by atoms with E-state index >= 15 is 0 Å². The average Bonchev–Trinajstić information content (AvgIpc) is 1.83. The first-order valence-electron chi connectivity index (χ1n) is 4.28. The van der Waals surface area contributed by atoms with Crippen LogP contribution in [0.1, 0.15) is 26.2 Å². The largest absolute Gasteiger partial charge is 0.393 e. The van der Waals surface area contributed by atoms with E-state index in [0.717, 1.165) is 25.8 Å². The van der Waals surface area contributed by atoms with Crippen molar-refractivity contribution in [3.05, 3.63) is 0 Å². The Bertz CT molecular complexity index is 111. The number of hydrogen-bond acceptors (Lipinski definition) is 3. The van der Waals surface area contributed by atoms with E-state index in [-0.39, 0.29) is 12.2 Å². The smallest absolute Gasteiger partial charge is 0.0570 e. The molecule has 1 atom stereocenters. The predicted octanol–water partition coefficient (Wildman–Crippen LogP) is -0.130. The van der Waals surface area contributed by atoms with E-state index in [1.165, 1.54) is 0 Å². The van der Waals surface area contributed by atoms with Crippen molar-refractivity contribution in [2.24, 2.45) is 0 Å². The molecule has 3 nitrogen and oxygen atoms in total. The van der Waals surface area contributed by atoms with Crippen LogP contribution in [-0.4, -0.2) is 35.0 Å². The van der Waals surface area contributed by atoms with Crippen molar-refractivity contribution in [3.8, 4) is 0 Å². The van der Waals surface area contributed by atoms with Crippen LogP contribution < -0.4 is 5.32 Å². The van der Waals surface area contributed by atoms with Crippen LogP contribution in [0.25, 0.3) is 0 Å². The second kappa shape index (κ2) is 4.04. The molecule has 0 aromatic carbocycles. The van der Waals surface area contributed by atoms with Crippen molar-refractivity contribution < 1.29 is 10.2 Å². The molecular formula is C8H17NO2. The van der Waals surface area contributed by atoms with Gasteiger partial charge < -0.3 is 15.5 Å². The molecule has 0 heterocycles. The van der Waals surface area contributed by atoms with Crippen molar-refractivity contribution in [1.29, 1.82) is 0 Å². The minimum Gasteiger partial charge on any atom is -0.393 e. The Labute approximate surface area is 67.4 Å². The lowest BCUT2D eigenvalue weighted by atomic mass is 9.89. The maximum atomic E-state index is 8.94. The second-order valence-corrected chi connectivity index (χ2v) is 3.41. The fourth-order valence-electron chi connectivity index (χ4n) is 1.25. The standard InChI is InChI=1S/C8H17NO2/c1-6(10)2-3-9-7-4-8(11)5-7/h6-11H,2-5H2,1H3. The van der Waals surface area contributed by atoms with Crippen molar-refractivity contribution in [1.82, 2.24) is 5.32 Å². The zero-order valence-corrected chi connectivity index (χ0v) is 6.95. The van der Waals surface area contributed by atoms with Gasteiger partial charge in [-0.3, -0.25) is 0 Å². The Kier molecular flexibility index (Phi) is 3.30. The highest BCUT2D eigenvalue weighted by molar-refractivity contribution is 4.84. The Balaban J connectivity index is 1.89. The molecule has 0 amide bonds. The number of aliphatic hydroxyl groups excluding tert-OH is 2. The Morgan fingerprint density at radius 1 is 1.55 bits per heavy atom. The number of nitrogens with one attached hydrogen (secondary N) is 1. The monoisotopic (exact) mass is 159 g/mol. The molecule has 0 bridgehead atoms. The summed E-state index contributed by atoms with van der Waals surface area (Å²) in [7, 11) is 0. The topological polar surface area (TPSA) is 52.5 Å². The van der Waals surface area contributed by atoms with Crippen LogP contribution in [0.5, 0.6) is 0 Å². The zero-order chi connectivity index (χ0) is 8.27. The number of rotatable bonds is 4. The molecule has 0 spiro atoms. The molecule has 1 unspecified atom stereocenters. The summed E-state index contributed by atoms with van der Waals surface area (Å²) in [6.07, 6.45) is 2.25. The Morgan fingerprint density at radius 3 is 2.64 bits per heavy atom. The van der Waals surface area contributed by atoms with Crippen molar-refractivity contribution >= 4 is 0 Å². The van der Waals surface area contributed by atoms with Crippen LogP contribution in [0.4, 0.5) is 0 Å². The predicted molar refractivity (Wildman–Crippen MR) is 43.3 cm³/mol. The van der Waals surface area contributed by atoms with Crippen LogP contribution in [0, 0.1) is 0 Å². The van der Waals surface area contributed by atoms with E-state index in [4.69, 9.17) is 10.2 Å². The van der Waals surface area contributed by atoms with Gasteiger partial charge in [-0.15, -0.1) is 0 Å². The van der Waals surface area contributed by atoms with Gasteiger partial charge in [0.2, 0.25) is 0 Å². The lowest BCUT2D eigenvalue weighted by molar-refractivity contribution is 0.0609. The highest BCUT2D eigenvalue weighted by Gasteiger charge is 2.25. The molecule has 3 heteroatoms. The molecular weight excluding hydrogens is 142 g/mol. The first-order chi connectivity index (χ1) is 5.18. The van der Waals surface area contributed by atoms with Gasteiger partial charge in [0.05, 0.1) is 12.2 Å². The normalized spacial score (nSPS) is 33.0. The van der Waals surface area contributed by atoms with Gasteiger partial charge in [-0.1, -0.05) is 0 Å². The van der Waals surface area contributed by atoms with Gasteiger partial charge in [0.1, 0.15) is 0 Å². The lowest BCUT2D eigenvalue weighted by Crippen LogP contribution is -2.44. The zero-order valence-electron chi connectivity index (χ0n) is 6.95. The van der Waals surface area contributed by atoms with Gasteiger partial charge in [0.15, 0.2) is 0 Å². The van der Waals surface area contributed by atoms with Crippen molar-refractivity contribution in [2.75, 3.05) is 6.54 Å². The van der Waals surface area contributed by atoms with Crippen molar-refractivity contribution in [2.45, 2.75) is 44.4 Å². The van der Waals surface area contributed by atoms with Gasteiger partial charge in [0.25, 0.3) is 0 Å². The van der Waals surface area contributed by atoms with E-state index in [1.54, 1.807) is 6.92 Å². The summed E-state index contributed by atoms with van der Waals surface area (Å²) in [6, 6.07) is 0.490. The van der Waals surface area contributed by atoms with Crippen LogP contribution in [0.2, 0.25) is 0 Å². The molecule has 3 N–H and O–H groups in total. The first kappa shape index (κ1) is 8.97. The summed E-state index contributed by atoms with van der Waals surface area (Å²) >= 11 is 0. The van der Waals surface area contributed by atoms with Crippen LogP contribution in [0.3, 0.4) is 0 Å². The molecule has 0 aromatic rings. The Morgan fingerprint density at radius 2 is 2.18 bits per heavy atom. The molecule has 1 fully saturated rings. The lowest BCUT2D eigenvalue weighted by Gasteiger charge is -2.32. The highest BCUT2D eigenvalue weighted by Crippen LogP contribution is 2.18. The van der Waals surface area contributed by atoms with Crippen LogP contribution in [-0.2, 0) is 0 Å². The molecule has 0 aromatic heterocycles. The summed E-state index contributed by atoms with van der Waals surface area (Å²) in [5, 5.41) is 21.1. The third-order valence-electron chi connectivity index (χ3n) is 2.11. The summed E-state index contributed by atoms with van der Waals surface area (Å²) < 4.78 is 0. The van der Waals surface area contributed by atoms with Gasteiger partial charge in [-0.05, 0) is 32.7 Å². The maximum absolute atomic E-state index is 8.94. The van der Waals surface area contributed by atoms with E-state index in [0.29, 0.717) is 6.04 Å². The van der Waals surface area contributed by atoms with Crippen LogP contribution >= 0.6 is 0 Å². The minimum atomic E-state index is -0.215. The van der Waals surface area contributed by atoms with Gasteiger partial charge in [-0.25, -0.2) is 0 Å². The first-order valence-corrected chi connectivity index (χ1v) is 4.28. The third kappa shape index (κ3) is 3.18. The highest BCUT2D eigenvalue weighted by atomic mass is 16.3. The molecule has 1 aliphatic rings.